The van der Waals surface area contributed by atoms with Gasteiger partial charge < -0.3 is 10.7 Å². The quantitative estimate of drug-likeness (QED) is 0.569. The van der Waals surface area contributed by atoms with Gasteiger partial charge in [-0.15, -0.1) is 24.2 Å². The smallest absolute Gasteiger partial charge is 0.256 e. The van der Waals surface area contributed by atoms with Crippen LogP contribution in [0.3, 0.4) is 0 Å². The summed E-state index contributed by atoms with van der Waals surface area (Å²) in [6, 6.07) is 0. The molecule has 0 amide bonds. The van der Waals surface area contributed by atoms with Crippen LogP contribution in [0.4, 0.5) is 0 Å². The van der Waals surface area contributed by atoms with E-state index >= 15 is 0 Å². The van der Waals surface area contributed by atoms with Gasteiger partial charge in [-0.1, -0.05) is 0 Å². The molecule has 0 atom stereocenters. The number of nitrogens with zero attached hydrogens (tertiary/aromatic N) is 1. The van der Waals surface area contributed by atoms with E-state index in [9.17, 15) is 4.79 Å². The highest BCUT2D eigenvalue weighted by Gasteiger charge is 2.06. The number of hydrogen-bond acceptors (Lipinski definition) is 4. The highest BCUT2D eigenvalue weighted by atomic mass is 35.5. The molecule has 1 heterocycles. The Bertz CT molecular complexity index is 339. The molecule has 0 aliphatic heterocycles. The zero-order valence-electron chi connectivity index (χ0n) is 7.46. The summed E-state index contributed by atoms with van der Waals surface area (Å²) >= 11 is 1.44. The molecule has 0 saturated carbocycles. The number of H-pyrrole nitrogens is 1. The highest BCUT2D eigenvalue weighted by Crippen LogP contribution is 2.12. The van der Waals surface area contributed by atoms with Crippen LogP contribution in [0, 0.1) is 6.92 Å². The van der Waals surface area contributed by atoms with Gasteiger partial charge in [-0.25, -0.2) is 4.98 Å². The van der Waals surface area contributed by atoms with E-state index in [1.54, 1.807) is 6.92 Å². The molecule has 1 rings (SSSR count). The van der Waals surface area contributed by atoms with Gasteiger partial charge in [0, 0.05) is 6.54 Å². The first kappa shape index (κ1) is 12.5. The van der Waals surface area contributed by atoms with Gasteiger partial charge in [-0.3, -0.25) is 4.79 Å². The molecule has 0 fully saturated rings. The molecule has 0 unspecified atom stereocenters. The molecule has 0 aliphatic carbocycles. The average molecular weight is 222 g/mol. The summed E-state index contributed by atoms with van der Waals surface area (Å²) in [5.74, 6) is 0.626. The van der Waals surface area contributed by atoms with Crippen molar-refractivity contribution in [2.24, 2.45) is 5.73 Å². The van der Waals surface area contributed by atoms with Gasteiger partial charge in [0.1, 0.15) is 10.9 Å². The Balaban J connectivity index is 0.00000144. The van der Waals surface area contributed by atoms with Crippen LogP contribution in [-0.4, -0.2) is 16.2 Å². The van der Waals surface area contributed by atoms with Gasteiger partial charge in [-0.05, 0) is 13.2 Å². The maximum Gasteiger partial charge on any atom is 0.256 e. The summed E-state index contributed by atoms with van der Waals surface area (Å²) in [6.45, 7) is 1.99. The predicted molar refractivity (Wildman–Crippen MR) is 56.5 cm³/mol. The van der Waals surface area contributed by atoms with Crippen molar-refractivity contribution in [3.63, 3.8) is 0 Å². The van der Waals surface area contributed by atoms with Crippen LogP contribution < -0.4 is 11.3 Å². The van der Waals surface area contributed by atoms with E-state index in [4.69, 9.17) is 5.73 Å². The van der Waals surface area contributed by atoms with Crippen molar-refractivity contribution in [2.45, 2.75) is 18.5 Å². The molecule has 1 aromatic heterocycles. The number of hydrogen-bond donors (Lipinski definition) is 2. The first-order chi connectivity index (χ1) is 5.69. The summed E-state index contributed by atoms with van der Waals surface area (Å²) in [5, 5.41) is 0.721. The maximum absolute atomic E-state index is 11.3. The molecule has 0 radical (unpaired) electrons. The largest absolute Gasteiger partial charge is 0.326 e. The molecule has 0 bridgehead atoms. The molecule has 0 aromatic carbocycles. The Kier molecular flexibility index (Phi) is 5.05. The standard InChI is InChI=1S/C7H11N3OS.ClH/c1-4-9-6(11)5(3-8)7(10-4)12-2;/h3,8H2,1-2H3,(H,9,10,11);1H. The summed E-state index contributed by atoms with van der Waals surface area (Å²) in [4.78, 5) is 18.0. The number of aromatic nitrogens is 2. The number of aryl methyl sites for hydroxylation is 1. The van der Waals surface area contributed by atoms with E-state index in [0.29, 0.717) is 11.4 Å². The van der Waals surface area contributed by atoms with Crippen LogP contribution in [0.15, 0.2) is 9.82 Å². The Hall–Kier alpha value is -0.520. The maximum atomic E-state index is 11.3. The van der Waals surface area contributed by atoms with Crippen LogP contribution in [0.5, 0.6) is 0 Å². The van der Waals surface area contributed by atoms with Crippen molar-refractivity contribution < 1.29 is 0 Å². The van der Waals surface area contributed by atoms with Crippen molar-refractivity contribution in [2.75, 3.05) is 6.26 Å². The number of nitrogens with one attached hydrogen (secondary N) is 1. The lowest BCUT2D eigenvalue weighted by Gasteiger charge is -2.02. The van der Waals surface area contributed by atoms with Crippen LogP contribution in [0.1, 0.15) is 11.4 Å². The highest BCUT2D eigenvalue weighted by molar-refractivity contribution is 7.98. The first-order valence-corrected chi connectivity index (χ1v) is 4.75. The number of halogens is 1. The Morgan fingerprint density at radius 2 is 2.23 bits per heavy atom. The minimum Gasteiger partial charge on any atom is -0.326 e. The predicted octanol–water partition coefficient (Wildman–Crippen LogP) is 0.681. The van der Waals surface area contributed by atoms with E-state index in [1.165, 1.54) is 11.8 Å². The number of thioether (sulfide) groups is 1. The van der Waals surface area contributed by atoms with Gasteiger partial charge >= 0.3 is 0 Å². The number of aromatic amines is 1. The zero-order chi connectivity index (χ0) is 9.14. The van der Waals surface area contributed by atoms with Crippen molar-refractivity contribution in [1.29, 1.82) is 0 Å². The normalized spacial score (nSPS) is 9.46. The molecule has 3 N–H and O–H groups in total. The third-order valence-electron chi connectivity index (χ3n) is 1.49. The zero-order valence-corrected chi connectivity index (χ0v) is 9.09. The average Bonchev–Trinajstić information content (AvgIpc) is 2.03. The van der Waals surface area contributed by atoms with E-state index in [1.807, 2.05) is 6.26 Å². The van der Waals surface area contributed by atoms with Gasteiger partial charge in [-0.2, -0.15) is 0 Å². The molecule has 0 spiro atoms. The van der Waals surface area contributed by atoms with Crippen molar-refractivity contribution >= 4 is 24.2 Å². The fourth-order valence-corrected chi connectivity index (χ4v) is 1.58. The fourth-order valence-electron chi connectivity index (χ4n) is 0.933. The Morgan fingerprint density at radius 3 is 2.69 bits per heavy atom. The van der Waals surface area contributed by atoms with Gasteiger partial charge in [0.25, 0.3) is 5.56 Å². The lowest BCUT2D eigenvalue weighted by molar-refractivity contribution is 0.859. The number of rotatable bonds is 2. The second kappa shape index (κ2) is 5.26. The van der Waals surface area contributed by atoms with Crippen molar-refractivity contribution in [3.8, 4) is 0 Å². The lowest BCUT2D eigenvalue weighted by atomic mass is 10.3. The van der Waals surface area contributed by atoms with Gasteiger partial charge in [0.15, 0.2) is 0 Å². The minimum absolute atomic E-state index is 0. The molecule has 0 saturated heterocycles. The summed E-state index contributed by atoms with van der Waals surface area (Å²) < 4.78 is 0. The van der Waals surface area contributed by atoms with Gasteiger partial charge in [0.05, 0.1) is 5.56 Å². The molecule has 1 aromatic rings. The van der Waals surface area contributed by atoms with E-state index in [-0.39, 0.29) is 24.5 Å². The molecular weight excluding hydrogens is 210 g/mol. The lowest BCUT2D eigenvalue weighted by Crippen LogP contribution is -2.19. The minimum atomic E-state index is -0.130. The summed E-state index contributed by atoms with van der Waals surface area (Å²) in [5.41, 5.74) is 5.84. The SMILES string of the molecule is CSc1nc(C)[nH]c(=O)c1CN.Cl. The van der Waals surface area contributed by atoms with E-state index in [2.05, 4.69) is 9.97 Å². The monoisotopic (exact) mass is 221 g/mol. The summed E-state index contributed by atoms with van der Waals surface area (Å²) in [6.07, 6.45) is 1.88. The molecule has 13 heavy (non-hydrogen) atoms. The molecule has 0 aliphatic rings. The molecule has 4 nitrogen and oxygen atoms in total. The second-order valence-corrected chi connectivity index (χ2v) is 3.14. The topological polar surface area (TPSA) is 71.8 Å². The summed E-state index contributed by atoms with van der Waals surface area (Å²) in [7, 11) is 0. The Morgan fingerprint density at radius 1 is 1.62 bits per heavy atom. The van der Waals surface area contributed by atoms with Crippen LogP contribution in [-0.2, 0) is 6.54 Å². The molecule has 74 valence electrons. The number of nitrogens with two attached hydrogens (primary N) is 1. The third-order valence-corrected chi connectivity index (χ3v) is 2.22. The second-order valence-electron chi connectivity index (χ2n) is 2.34. The molecule has 6 heteroatoms. The molecular formula is C7H12ClN3OS. The van der Waals surface area contributed by atoms with E-state index < -0.39 is 0 Å². The van der Waals surface area contributed by atoms with Crippen LogP contribution in [0.25, 0.3) is 0 Å². The van der Waals surface area contributed by atoms with Crippen LogP contribution >= 0.6 is 24.2 Å². The van der Waals surface area contributed by atoms with E-state index in [0.717, 1.165) is 5.03 Å². The van der Waals surface area contributed by atoms with Gasteiger partial charge in [0.2, 0.25) is 0 Å². The van der Waals surface area contributed by atoms with Crippen molar-refractivity contribution in [3.05, 3.63) is 21.7 Å². The Labute approximate surface area is 86.7 Å². The fraction of sp³-hybridized carbons (Fsp3) is 0.429. The van der Waals surface area contributed by atoms with Crippen molar-refractivity contribution in [1.82, 2.24) is 9.97 Å². The first-order valence-electron chi connectivity index (χ1n) is 3.53. The third kappa shape index (κ3) is 2.72. The van der Waals surface area contributed by atoms with Crippen LogP contribution in [0.2, 0.25) is 0 Å².